The zero-order chi connectivity index (χ0) is 28.4. The van der Waals surface area contributed by atoms with Crippen LogP contribution in [-0.2, 0) is 22.6 Å². The van der Waals surface area contributed by atoms with E-state index in [1.165, 1.54) is 6.08 Å². The summed E-state index contributed by atoms with van der Waals surface area (Å²) in [5.41, 5.74) is 3.54. The van der Waals surface area contributed by atoms with Crippen LogP contribution >= 0.6 is 31.9 Å². The molecule has 40 heavy (non-hydrogen) atoms. The van der Waals surface area contributed by atoms with Crippen LogP contribution in [0.3, 0.4) is 0 Å². The van der Waals surface area contributed by atoms with E-state index in [9.17, 15) is 14.4 Å². The minimum absolute atomic E-state index is 0.152. The number of nitrogens with zero attached hydrogens (tertiary/aromatic N) is 1. The number of rotatable bonds is 7. The van der Waals surface area contributed by atoms with Crippen LogP contribution < -0.4 is 15.0 Å². The van der Waals surface area contributed by atoms with Gasteiger partial charge in [0.05, 0.1) is 10.2 Å². The van der Waals surface area contributed by atoms with E-state index in [-0.39, 0.29) is 5.57 Å². The second kappa shape index (κ2) is 11.6. The lowest BCUT2D eigenvalue weighted by atomic mass is 10.0. The predicted molar refractivity (Wildman–Crippen MR) is 164 cm³/mol. The highest BCUT2D eigenvalue weighted by atomic mass is 79.9. The van der Waals surface area contributed by atoms with Gasteiger partial charge >= 0.3 is 6.03 Å². The normalized spacial score (nSPS) is 14.5. The van der Waals surface area contributed by atoms with E-state index in [4.69, 9.17) is 4.74 Å². The van der Waals surface area contributed by atoms with Gasteiger partial charge in [-0.1, -0.05) is 64.5 Å². The van der Waals surface area contributed by atoms with Gasteiger partial charge in [0.1, 0.15) is 17.9 Å². The minimum Gasteiger partial charge on any atom is -0.487 e. The first-order valence-electron chi connectivity index (χ1n) is 12.5. The topological polar surface area (TPSA) is 75.7 Å². The molecule has 0 bridgehead atoms. The van der Waals surface area contributed by atoms with Crippen LogP contribution in [0.5, 0.6) is 5.75 Å². The Morgan fingerprint density at radius 3 is 2.48 bits per heavy atom. The van der Waals surface area contributed by atoms with Gasteiger partial charge in [-0.05, 0) is 98.7 Å². The van der Waals surface area contributed by atoms with Crippen molar-refractivity contribution in [2.75, 3.05) is 4.90 Å². The number of hydrogen-bond donors (Lipinski definition) is 1. The molecule has 5 rings (SSSR count). The zero-order valence-electron chi connectivity index (χ0n) is 21.5. The molecule has 6 nitrogen and oxygen atoms in total. The Labute approximate surface area is 248 Å². The molecule has 0 saturated carbocycles. The van der Waals surface area contributed by atoms with E-state index in [1.807, 2.05) is 37.3 Å². The maximum absolute atomic E-state index is 13.4. The van der Waals surface area contributed by atoms with Crippen LogP contribution in [0, 0.1) is 6.92 Å². The summed E-state index contributed by atoms with van der Waals surface area (Å²) in [6.07, 6.45) is 3.75. The lowest BCUT2D eigenvalue weighted by Gasteiger charge is -2.26. The lowest BCUT2D eigenvalue weighted by molar-refractivity contribution is -0.122. The summed E-state index contributed by atoms with van der Waals surface area (Å²) in [6.45, 7) is 6.08. The Hall–Kier alpha value is -4.01. The number of nitrogens with one attached hydrogen (secondary N) is 1. The summed E-state index contributed by atoms with van der Waals surface area (Å²) in [6, 6.07) is 22.2. The Bertz CT molecular complexity index is 1720. The first-order chi connectivity index (χ1) is 19.3. The van der Waals surface area contributed by atoms with E-state index >= 15 is 0 Å². The summed E-state index contributed by atoms with van der Waals surface area (Å²) in [5, 5.41) is 4.53. The van der Waals surface area contributed by atoms with E-state index < -0.39 is 17.8 Å². The van der Waals surface area contributed by atoms with Gasteiger partial charge in [-0.3, -0.25) is 14.9 Å². The summed E-state index contributed by atoms with van der Waals surface area (Å²) < 4.78 is 7.80. The standard InChI is InChI=1S/C32H24Br2N2O4/c1-3-7-22-15-20(17-28(34)29(22)40-18-23-10-6-9-21-8-4-5-11-25(21)23)16-26-30(37)35-32(39)36(31(26)38)24-12-13-27(33)19(2)14-24/h3-6,8-17H,1,7,18H2,2H3,(H,35,37,39)/b26-16+. The molecule has 1 N–H and O–H groups in total. The zero-order valence-corrected chi connectivity index (χ0v) is 24.7. The quantitative estimate of drug-likeness (QED) is 0.126. The third-order valence-corrected chi connectivity index (χ3v) is 8.05. The predicted octanol–water partition coefficient (Wildman–Crippen LogP) is 7.65. The van der Waals surface area contributed by atoms with Gasteiger partial charge in [0, 0.05) is 4.47 Å². The number of barbiturate groups is 1. The summed E-state index contributed by atoms with van der Waals surface area (Å²) in [5.74, 6) is -0.803. The molecule has 4 aromatic rings. The highest BCUT2D eigenvalue weighted by molar-refractivity contribution is 9.10. The number of allylic oxidation sites excluding steroid dienone is 1. The SMILES string of the molecule is C=CCc1cc(/C=C2\C(=O)NC(=O)N(c3ccc(Br)c(C)c3)C2=O)cc(Br)c1OCc1cccc2ccccc12. The van der Waals surface area contributed by atoms with Crippen LogP contribution in [-0.4, -0.2) is 17.8 Å². The van der Waals surface area contributed by atoms with Crippen LogP contribution in [0.25, 0.3) is 16.8 Å². The number of imide groups is 2. The maximum atomic E-state index is 13.4. The molecule has 8 heteroatoms. The molecule has 200 valence electrons. The van der Waals surface area contributed by atoms with Gasteiger partial charge in [-0.25, -0.2) is 9.69 Å². The van der Waals surface area contributed by atoms with Gasteiger partial charge in [-0.15, -0.1) is 6.58 Å². The van der Waals surface area contributed by atoms with Crippen molar-refractivity contribution >= 4 is 72.2 Å². The van der Waals surface area contributed by atoms with Crippen molar-refractivity contribution in [1.29, 1.82) is 0 Å². The largest absolute Gasteiger partial charge is 0.487 e. The molecular weight excluding hydrogens is 636 g/mol. The van der Waals surface area contributed by atoms with Crippen LogP contribution in [0.15, 0.2) is 100.0 Å². The molecule has 1 aliphatic rings. The van der Waals surface area contributed by atoms with E-state index in [2.05, 4.69) is 62.0 Å². The number of aryl methyl sites for hydroxylation is 1. The van der Waals surface area contributed by atoms with Crippen molar-refractivity contribution in [2.24, 2.45) is 0 Å². The van der Waals surface area contributed by atoms with Crippen molar-refractivity contribution in [3.8, 4) is 5.75 Å². The van der Waals surface area contributed by atoms with Gasteiger partial charge in [0.2, 0.25) is 0 Å². The molecule has 0 unspecified atom stereocenters. The molecule has 0 aliphatic carbocycles. The highest BCUT2D eigenvalue weighted by Crippen LogP contribution is 2.34. The van der Waals surface area contributed by atoms with Gasteiger partial charge < -0.3 is 4.74 Å². The number of fused-ring (bicyclic) bond motifs is 1. The number of urea groups is 1. The van der Waals surface area contributed by atoms with E-state index in [0.717, 1.165) is 36.8 Å². The Balaban J connectivity index is 1.47. The highest BCUT2D eigenvalue weighted by Gasteiger charge is 2.37. The lowest BCUT2D eigenvalue weighted by Crippen LogP contribution is -2.54. The van der Waals surface area contributed by atoms with Crippen molar-refractivity contribution in [3.05, 3.63) is 122 Å². The summed E-state index contributed by atoms with van der Waals surface area (Å²) in [7, 11) is 0. The first kappa shape index (κ1) is 27.6. The number of carbonyl (C=O) groups excluding carboxylic acids is 3. The molecule has 0 spiro atoms. The number of ether oxygens (including phenoxy) is 1. The first-order valence-corrected chi connectivity index (χ1v) is 14.1. The summed E-state index contributed by atoms with van der Waals surface area (Å²) >= 11 is 7.04. The summed E-state index contributed by atoms with van der Waals surface area (Å²) in [4.78, 5) is 39.7. The fourth-order valence-electron chi connectivity index (χ4n) is 4.62. The molecule has 1 saturated heterocycles. The molecule has 0 radical (unpaired) electrons. The molecule has 1 heterocycles. The fourth-order valence-corrected chi connectivity index (χ4v) is 5.50. The van der Waals surface area contributed by atoms with Crippen LogP contribution in [0.4, 0.5) is 10.5 Å². The molecule has 0 aromatic heterocycles. The second-order valence-electron chi connectivity index (χ2n) is 9.30. The number of benzene rings is 4. The van der Waals surface area contributed by atoms with Crippen molar-refractivity contribution in [1.82, 2.24) is 5.32 Å². The van der Waals surface area contributed by atoms with Crippen molar-refractivity contribution in [3.63, 3.8) is 0 Å². The smallest absolute Gasteiger partial charge is 0.335 e. The van der Waals surface area contributed by atoms with Gasteiger partial charge in [0.15, 0.2) is 0 Å². The molecule has 1 aliphatic heterocycles. The third kappa shape index (κ3) is 5.50. The average molecular weight is 660 g/mol. The van der Waals surface area contributed by atoms with Crippen LogP contribution in [0.2, 0.25) is 0 Å². The number of amides is 4. The molecule has 4 amide bonds. The Morgan fingerprint density at radius 1 is 0.925 bits per heavy atom. The van der Waals surface area contributed by atoms with Crippen molar-refractivity contribution < 1.29 is 19.1 Å². The number of anilines is 1. The number of halogens is 2. The minimum atomic E-state index is -0.792. The fraction of sp³-hybridized carbons (Fsp3) is 0.0938. The molecule has 4 aromatic carbocycles. The Kier molecular flexibility index (Phi) is 8.00. The van der Waals surface area contributed by atoms with Crippen molar-refractivity contribution in [2.45, 2.75) is 20.0 Å². The molecular formula is C32H24Br2N2O4. The molecule has 0 atom stereocenters. The Morgan fingerprint density at radius 2 is 1.70 bits per heavy atom. The third-order valence-electron chi connectivity index (χ3n) is 6.57. The number of hydrogen-bond acceptors (Lipinski definition) is 4. The molecule has 1 fully saturated rings. The van der Waals surface area contributed by atoms with E-state index in [1.54, 1.807) is 30.3 Å². The average Bonchev–Trinajstić information content (AvgIpc) is 2.92. The monoisotopic (exact) mass is 658 g/mol. The van der Waals surface area contributed by atoms with E-state index in [0.29, 0.717) is 34.5 Å². The second-order valence-corrected chi connectivity index (χ2v) is 11.0. The van der Waals surface area contributed by atoms with Crippen LogP contribution in [0.1, 0.15) is 22.3 Å². The number of carbonyl (C=O) groups is 3. The van der Waals surface area contributed by atoms with Gasteiger partial charge in [0.25, 0.3) is 11.8 Å². The maximum Gasteiger partial charge on any atom is 0.335 e. The van der Waals surface area contributed by atoms with Gasteiger partial charge in [-0.2, -0.15) is 0 Å².